The van der Waals surface area contributed by atoms with Gasteiger partial charge in [0.15, 0.2) is 5.13 Å². The van der Waals surface area contributed by atoms with Gasteiger partial charge in [-0.1, -0.05) is 12.1 Å². The molecule has 0 radical (unpaired) electrons. The smallest absolute Gasteiger partial charge is 0.277 e. The van der Waals surface area contributed by atoms with Gasteiger partial charge in [0, 0.05) is 23.6 Å². The largest absolute Gasteiger partial charge is 0.296 e. The number of hydrogen-bond donors (Lipinski definition) is 2. The molecule has 0 spiro atoms. The number of thiazole rings is 1. The SMILES string of the molecule is Cc1ccc(Cc2cnc(NC(=O)c3ccc(=O)[nH]n3)s2)cc1F. The summed E-state index contributed by atoms with van der Waals surface area (Å²) in [5.41, 5.74) is 1.15. The molecule has 1 amide bonds. The third kappa shape index (κ3) is 3.72. The number of aromatic amines is 1. The number of rotatable bonds is 4. The third-order valence-electron chi connectivity index (χ3n) is 3.30. The Morgan fingerprint density at radius 2 is 2.17 bits per heavy atom. The van der Waals surface area contributed by atoms with Gasteiger partial charge in [0.05, 0.1) is 0 Å². The Labute approximate surface area is 140 Å². The standard InChI is InChI=1S/C16H13FN4O2S/c1-9-2-3-10(7-12(9)17)6-11-8-18-16(24-11)19-15(23)13-4-5-14(22)21-20-13/h2-5,7-8H,6H2,1H3,(H,21,22)(H,18,19,23). The van der Waals surface area contributed by atoms with Crippen molar-refractivity contribution in [3.05, 3.63) is 74.4 Å². The van der Waals surface area contributed by atoms with E-state index in [2.05, 4.69) is 20.5 Å². The fourth-order valence-corrected chi connectivity index (χ4v) is 2.87. The Bertz CT molecular complexity index is 931. The molecule has 2 N–H and O–H groups in total. The molecule has 2 aromatic heterocycles. The number of carbonyl (C=O) groups is 1. The summed E-state index contributed by atoms with van der Waals surface area (Å²) < 4.78 is 13.6. The number of aromatic nitrogens is 3. The zero-order valence-corrected chi connectivity index (χ0v) is 13.5. The molecule has 0 aliphatic rings. The molecule has 24 heavy (non-hydrogen) atoms. The van der Waals surface area contributed by atoms with Crippen LogP contribution in [0.2, 0.25) is 0 Å². The van der Waals surface area contributed by atoms with Gasteiger partial charge in [0.1, 0.15) is 11.5 Å². The van der Waals surface area contributed by atoms with E-state index >= 15 is 0 Å². The van der Waals surface area contributed by atoms with Crippen molar-refractivity contribution in [3.63, 3.8) is 0 Å². The zero-order chi connectivity index (χ0) is 17.1. The van der Waals surface area contributed by atoms with E-state index in [0.29, 0.717) is 17.1 Å². The second kappa shape index (κ2) is 6.71. The number of hydrogen-bond acceptors (Lipinski definition) is 5. The molecule has 0 aliphatic heterocycles. The molecule has 6 nitrogen and oxygen atoms in total. The van der Waals surface area contributed by atoms with Gasteiger partial charge in [0.25, 0.3) is 11.5 Å². The Morgan fingerprint density at radius 3 is 2.88 bits per heavy atom. The summed E-state index contributed by atoms with van der Waals surface area (Å²) in [6, 6.07) is 7.65. The van der Waals surface area contributed by atoms with E-state index in [9.17, 15) is 14.0 Å². The van der Waals surface area contributed by atoms with Crippen LogP contribution in [0.5, 0.6) is 0 Å². The van der Waals surface area contributed by atoms with Crippen LogP contribution in [-0.4, -0.2) is 21.1 Å². The van der Waals surface area contributed by atoms with E-state index in [0.717, 1.165) is 10.4 Å². The number of H-pyrrole nitrogens is 1. The average molecular weight is 344 g/mol. The van der Waals surface area contributed by atoms with Gasteiger partial charge in [0.2, 0.25) is 0 Å². The third-order valence-corrected chi connectivity index (χ3v) is 4.21. The molecule has 1 aromatic carbocycles. The summed E-state index contributed by atoms with van der Waals surface area (Å²) in [6.07, 6.45) is 2.17. The average Bonchev–Trinajstić information content (AvgIpc) is 2.98. The fraction of sp³-hybridized carbons (Fsp3) is 0.125. The lowest BCUT2D eigenvalue weighted by Crippen LogP contribution is -2.17. The van der Waals surface area contributed by atoms with E-state index in [4.69, 9.17) is 0 Å². The van der Waals surface area contributed by atoms with E-state index in [-0.39, 0.29) is 17.1 Å². The Kier molecular flexibility index (Phi) is 4.48. The summed E-state index contributed by atoms with van der Waals surface area (Å²) in [5.74, 6) is -0.705. The lowest BCUT2D eigenvalue weighted by Gasteiger charge is -2.01. The lowest BCUT2D eigenvalue weighted by molar-refractivity contribution is 0.102. The van der Waals surface area contributed by atoms with Crippen molar-refractivity contribution in [1.82, 2.24) is 15.2 Å². The van der Waals surface area contributed by atoms with Crippen LogP contribution in [0.3, 0.4) is 0 Å². The van der Waals surface area contributed by atoms with Crippen LogP contribution in [0.4, 0.5) is 9.52 Å². The minimum absolute atomic E-state index is 0.0898. The molecule has 122 valence electrons. The van der Waals surface area contributed by atoms with Crippen LogP contribution in [0.1, 0.15) is 26.5 Å². The maximum atomic E-state index is 13.6. The van der Waals surface area contributed by atoms with Crippen LogP contribution in [0.25, 0.3) is 0 Å². The molecule has 0 saturated heterocycles. The number of aryl methyl sites for hydroxylation is 1. The Morgan fingerprint density at radius 1 is 1.33 bits per heavy atom. The molecule has 0 atom stereocenters. The maximum Gasteiger partial charge on any atom is 0.277 e. The van der Waals surface area contributed by atoms with E-state index in [1.54, 1.807) is 19.2 Å². The first-order valence-electron chi connectivity index (χ1n) is 7.08. The van der Waals surface area contributed by atoms with Crippen LogP contribution < -0.4 is 10.9 Å². The van der Waals surface area contributed by atoms with Gasteiger partial charge < -0.3 is 0 Å². The molecule has 0 saturated carbocycles. The van der Waals surface area contributed by atoms with Crippen LogP contribution in [-0.2, 0) is 6.42 Å². The summed E-state index contributed by atoms with van der Waals surface area (Å²) >= 11 is 1.30. The number of benzene rings is 1. The quantitative estimate of drug-likeness (QED) is 0.761. The molecular weight excluding hydrogens is 331 g/mol. The summed E-state index contributed by atoms with van der Waals surface area (Å²) in [6.45, 7) is 1.71. The monoisotopic (exact) mass is 344 g/mol. The van der Waals surface area contributed by atoms with Gasteiger partial charge in [-0.3, -0.25) is 14.9 Å². The van der Waals surface area contributed by atoms with E-state index < -0.39 is 5.91 Å². The topological polar surface area (TPSA) is 87.7 Å². The van der Waals surface area contributed by atoms with Crippen molar-refractivity contribution in [3.8, 4) is 0 Å². The zero-order valence-electron chi connectivity index (χ0n) is 12.7. The normalized spacial score (nSPS) is 10.6. The minimum atomic E-state index is -0.464. The second-order valence-corrected chi connectivity index (χ2v) is 6.27. The Hall–Kier alpha value is -2.87. The van der Waals surface area contributed by atoms with Crippen molar-refractivity contribution in [2.45, 2.75) is 13.3 Å². The highest BCUT2D eigenvalue weighted by Crippen LogP contribution is 2.22. The lowest BCUT2D eigenvalue weighted by atomic mass is 10.1. The molecular formula is C16H13FN4O2S. The first kappa shape index (κ1) is 16.0. The number of nitrogens with zero attached hydrogens (tertiary/aromatic N) is 2. The molecule has 8 heteroatoms. The van der Waals surface area contributed by atoms with Crippen molar-refractivity contribution >= 4 is 22.4 Å². The number of carbonyl (C=O) groups excluding carboxylic acids is 1. The van der Waals surface area contributed by atoms with Gasteiger partial charge in [-0.15, -0.1) is 11.3 Å². The van der Waals surface area contributed by atoms with Gasteiger partial charge in [-0.25, -0.2) is 14.5 Å². The minimum Gasteiger partial charge on any atom is -0.296 e. The van der Waals surface area contributed by atoms with Crippen molar-refractivity contribution in [2.75, 3.05) is 5.32 Å². The van der Waals surface area contributed by atoms with Gasteiger partial charge in [-0.2, -0.15) is 5.10 Å². The first-order valence-corrected chi connectivity index (χ1v) is 7.90. The number of anilines is 1. The van der Waals surface area contributed by atoms with Crippen molar-refractivity contribution in [1.29, 1.82) is 0 Å². The molecule has 3 rings (SSSR count). The molecule has 0 unspecified atom stereocenters. The number of amides is 1. The summed E-state index contributed by atoms with van der Waals surface area (Å²) in [4.78, 5) is 28.0. The Balaban J connectivity index is 1.68. The highest BCUT2D eigenvalue weighted by atomic mass is 32.1. The van der Waals surface area contributed by atoms with Crippen LogP contribution in [0, 0.1) is 12.7 Å². The van der Waals surface area contributed by atoms with E-state index in [1.807, 2.05) is 6.07 Å². The maximum absolute atomic E-state index is 13.6. The second-order valence-electron chi connectivity index (χ2n) is 5.15. The molecule has 0 aliphatic carbocycles. The fourth-order valence-electron chi connectivity index (χ4n) is 2.03. The summed E-state index contributed by atoms with van der Waals surface area (Å²) in [5, 5.41) is 8.87. The molecule has 0 fully saturated rings. The van der Waals surface area contributed by atoms with Crippen molar-refractivity contribution in [2.24, 2.45) is 0 Å². The number of halogens is 1. The van der Waals surface area contributed by atoms with Gasteiger partial charge >= 0.3 is 0 Å². The number of nitrogens with one attached hydrogen (secondary N) is 2. The first-order chi connectivity index (χ1) is 11.5. The van der Waals surface area contributed by atoms with Gasteiger partial charge in [-0.05, 0) is 30.2 Å². The van der Waals surface area contributed by atoms with Crippen LogP contribution >= 0.6 is 11.3 Å². The molecule has 3 aromatic rings. The highest BCUT2D eigenvalue weighted by Gasteiger charge is 2.11. The van der Waals surface area contributed by atoms with Crippen molar-refractivity contribution < 1.29 is 9.18 Å². The summed E-state index contributed by atoms with van der Waals surface area (Å²) in [7, 11) is 0. The molecule has 2 heterocycles. The van der Waals surface area contributed by atoms with E-state index in [1.165, 1.54) is 29.5 Å². The predicted molar refractivity (Wildman–Crippen MR) is 88.9 cm³/mol. The predicted octanol–water partition coefficient (Wildman–Crippen LogP) is 2.52. The highest BCUT2D eigenvalue weighted by molar-refractivity contribution is 7.15. The van der Waals surface area contributed by atoms with Crippen LogP contribution in [0.15, 0.2) is 41.3 Å². The molecule has 0 bridgehead atoms.